The van der Waals surface area contributed by atoms with Gasteiger partial charge < -0.3 is 48.1 Å². The van der Waals surface area contributed by atoms with Crippen LogP contribution in [0.4, 0.5) is 0 Å². The first kappa shape index (κ1) is 23.9. The van der Waals surface area contributed by atoms with Crippen molar-refractivity contribution in [1.82, 2.24) is 0 Å². The van der Waals surface area contributed by atoms with E-state index in [-0.39, 0.29) is 19.3 Å². The second-order valence-corrected chi connectivity index (χ2v) is 6.33. The molecule has 1 aliphatic heterocycles. The molecule has 1 heterocycles. The molecule has 2 aliphatic rings. The molecule has 10 nitrogen and oxygen atoms in total. The highest BCUT2D eigenvalue weighted by Gasteiger charge is 2.52. The Hall–Kier alpha value is -0.400. The van der Waals surface area contributed by atoms with Gasteiger partial charge in [0.1, 0.15) is 6.10 Å². The lowest BCUT2D eigenvalue weighted by Gasteiger charge is -2.49. The Balaban J connectivity index is 1.57. The molecule has 1 aliphatic carbocycles. The third-order valence-corrected chi connectivity index (χ3v) is 4.36. The first-order chi connectivity index (χ1) is 13.8. The summed E-state index contributed by atoms with van der Waals surface area (Å²) in [6.07, 6.45) is 0.469. The van der Waals surface area contributed by atoms with E-state index in [2.05, 4.69) is 0 Å². The molecule has 0 aromatic heterocycles. The van der Waals surface area contributed by atoms with E-state index in [1.807, 2.05) is 0 Å². The summed E-state index contributed by atoms with van der Waals surface area (Å²) in [7, 11) is 0. The molecule has 0 radical (unpaired) electrons. The molecule has 166 valence electrons. The van der Waals surface area contributed by atoms with E-state index in [1.54, 1.807) is 0 Å². The maximum Gasteiger partial charge on any atom is 0.197 e. The van der Waals surface area contributed by atoms with Crippen molar-refractivity contribution in [2.75, 3.05) is 85.9 Å². The van der Waals surface area contributed by atoms with Gasteiger partial charge in [0.15, 0.2) is 12.1 Å². The van der Waals surface area contributed by atoms with E-state index in [0.29, 0.717) is 79.1 Å². The molecule has 0 bridgehead atoms. The predicted molar refractivity (Wildman–Crippen MR) is 95.9 cm³/mol. The lowest BCUT2D eigenvalue weighted by molar-refractivity contribution is -0.388. The Morgan fingerprint density at radius 1 is 0.821 bits per heavy atom. The fraction of sp³-hybridized carbons (Fsp3) is 1.00. The molecule has 0 aromatic rings. The molecule has 0 amide bonds. The van der Waals surface area contributed by atoms with Gasteiger partial charge in [0.05, 0.1) is 85.9 Å². The van der Waals surface area contributed by atoms with Crippen LogP contribution in [0, 0.1) is 0 Å². The second-order valence-electron chi connectivity index (χ2n) is 6.33. The van der Waals surface area contributed by atoms with E-state index in [1.165, 1.54) is 0 Å². The summed E-state index contributed by atoms with van der Waals surface area (Å²) in [5.74, 6) is -0.911. The lowest BCUT2D eigenvalue weighted by atomic mass is 9.86. The summed E-state index contributed by atoms with van der Waals surface area (Å²) in [6, 6.07) is 0. The van der Waals surface area contributed by atoms with Gasteiger partial charge in [0, 0.05) is 6.42 Å². The molecule has 10 heteroatoms. The van der Waals surface area contributed by atoms with Crippen LogP contribution in [-0.4, -0.2) is 114 Å². The van der Waals surface area contributed by atoms with Crippen LogP contribution in [0.15, 0.2) is 0 Å². The molecule has 28 heavy (non-hydrogen) atoms. The number of aliphatic hydroxyl groups excluding tert-OH is 2. The molecular weight excluding hydrogens is 376 g/mol. The van der Waals surface area contributed by atoms with Gasteiger partial charge in [-0.25, -0.2) is 0 Å². The van der Waals surface area contributed by atoms with Crippen LogP contribution in [0.1, 0.15) is 12.8 Å². The molecule has 2 N–H and O–H groups in total. The number of ether oxygens (including phenoxy) is 8. The average molecular weight is 410 g/mol. The minimum Gasteiger partial charge on any atom is -0.394 e. The normalized spacial score (nSPS) is 28.9. The van der Waals surface area contributed by atoms with Gasteiger partial charge in [-0.3, -0.25) is 0 Å². The van der Waals surface area contributed by atoms with Gasteiger partial charge in [-0.1, -0.05) is 0 Å². The van der Waals surface area contributed by atoms with Crippen LogP contribution in [0.25, 0.3) is 0 Å². The molecule has 2 fully saturated rings. The van der Waals surface area contributed by atoms with E-state index in [4.69, 9.17) is 43.0 Å². The van der Waals surface area contributed by atoms with Crippen molar-refractivity contribution in [3.63, 3.8) is 0 Å². The van der Waals surface area contributed by atoms with Crippen LogP contribution in [0.3, 0.4) is 0 Å². The Morgan fingerprint density at radius 3 is 2.14 bits per heavy atom. The monoisotopic (exact) mass is 410 g/mol. The fourth-order valence-electron chi connectivity index (χ4n) is 2.86. The van der Waals surface area contributed by atoms with Crippen LogP contribution in [0.2, 0.25) is 0 Å². The van der Waals surface area contributed by atoms with Crippen molar-refractivity contribution in [2.45, 2.75) is 31.0 Å². The first-order valence-corrected chi connectivity index (χ1v) is 9.88. The predicted octanol–water partition coefficient (Wildman–Crippen LogP) is -0.698. The first-order valence-electron chi connectivity index (χ1n) is 9.88. The molecule has 2 rings (SSSR count). The van der Waals surface area contributed by atoms with Crippen LogP contribution in [-0.2, 0) is 37.9 Å². The van der Waals surface area contributed by atoms with Crippen LogP contribution in [0.5, 0.6) is 0 Å². The molecule has 0 aromatic carbocycles. The Labute approximate surface area is 165 Å². The summed E-state index contributed by atoms with van der Waals surface area (Å²) in [5.41, 5.74) is 0. The lowest BCUT2D eigenvalue weighted by Crippen LogP contribution is -2.59. The third-order valence-electron chi connectivity index (χ3n) is 4.36. The van der Waals surface area contributed by atoms with Crippen molar-refractivity contribution in [3.8, 4) is 0 Å². The molecule has 1 spiro atoms. The maximum atomic E-state index is 9.45. The molecular formula is C18H34O10. The van der Waals surface area contributed by atoms with Crippen molar-refractivity contribution >= 4 is 0 Å². The van der Waals surface area contributed by atoms with E-state index < -0.39 is 12.1 Å². The highest BCUT2D eigenvalue weighted by Crippen LogP contribution is 2.40. The van der Waals surface area contributed by atoms with Crippen molar-refractivity contribution < 1.29 is 48.1 Å². The Bertz CT molecular complexity index is 385. The van der Waals surface area contributed by atoms with Gasteiger partial charge in [-0.05, 0) is 6.42 Å². The SMILES string of the molecule is OCCOCCOCCOCCOC1CCC12OCCOCCOC(CO)O2. The summed E-state index contributed by atoms with van der Waals surface area (Å²) >= 11 is 0. The topological polar surface area (TPSA) is 114 Å². The smallest absolute Gasteiger partial charge is 0.197 e. The van der Waals surface area contributed by atoms with Crippen molar-refractivity contribution in [1.29, 1.82) is 0 Å². The van der Waals surface area contributed by atoms with Crippen molar-refractivity contribution in [3.05, 3.63) is 0 Å². The van der Waals surface area contributed by atoms with Crippen LogP contribution < -0.4 is 0 Å². The van der Waals surface area contributed by atoms with E-state index in [0.717, 1.165) is 6.42 Å². The largest absolute Gasteiger partial charge is 0.394 e. The summed E-state index contributed by atoms with van der Waals surface area (Å²) in [5, 5.41) is 18.0. The quantitative estimate of drug-likeness (QED) is 0.378. The zero-order chi connectivity index (χ0) is 19.9. The number of rotatable bonds is 13. The third kappa shape index (κ3) is 8.54. The van der Waals surface area contributed by atoms with E-state index in [9.17, 15) is 5.11 Å². The summed E-state index contributed by atoms with van der Waals surface area (Å²) < 4.78 is 44.4. The van der Waals surface area contributed by atoms with Gasteiger partial charge in [0.2, 0.25) is 0 Å². The molecule has 3 atom stereocenters. The zero-order valence-corrected chi connectivity index (χ0v) is 16.4. The van der Waals surface area contributed by atoms with Gasteiger partial charge in [-0.2, -0.15) is 0 Å². The molecule has 3 unspecified atom stereocenters. The number of hydrogen-bond acceptors (Lipinski definition) is 10. The zero-order valence-electron chi connectivity index (χ0n) is 16.4. The summed E-state index contributed by atoms with van der Waals surface area (Å²) in [4.78, 5) is 0. The van der Waals surface area contributed by atoms with Gasteiger partial charge in [0.25, 0.3) is 0 Å². The average Bonchev–Trinajstić information content (AvgIpc) is 2.71. The summed E-state index contributed by atoms with van der Waals surface area (Å²) in [6.45, 7) is 4.42. The van der Waals surface area contributed by atoms with Gasteiger partial charge >= 0.3 is 0 Å². The van der Waals surface area contributed by atoms with Crippen LogP contribution >= 0.6 is 0 Å². The standard InChI is InChI=1S/C18H34O10/c19-3-4-21-5-6-22-7-8-23-9-12-25-16-1-2-18(16)27-14-11-24-10-13-26-17(15-20)28-18/h16-17,19-20H,1-15H2. The molecule has 1 saturated carbocycles. The van der Waals surface area contributed by atoms with Crippen molar-refractivity contribution in [2.24, 2.45) is 0 Å². The number of aliphatic hydroxyl groups is 2. The number of hydrogen-bond donors (Lipinski definition) is 2. The minimum absolute atomic E-state index is 0.0168. The molecule has 1 saturated heterocycles. The fourth-order valence-corrected chi connectivity index (χ4v) is 2.86. The highest BCUT2D eigenvalue weighted by molar-refractivity contribution is 4.93. The Morgan fingerprint density at radius 2 is 1.50 bits per heavy atom. The minimum atomic E-state index is -0.911. The van der Waals surface area contributed by atoms with Gasteiger partial charge in [-0.15, -0.1) is 0 Å². The maximum absolute atomic E-state index is 9.45. The Kier molecular flexibility index (Phi) is 12.4. The highest BCUT2D eigenvalue weighted by atomic mass is 16.8. The van der Waals surface area contributed by atoms with E-state index >= 15 is 0 Å². The second kappa shape index (κ2) is 14.6.